The predicted molar refractivity (Wildman–Crippen MR) is 137 cm³/mol. The molecule has 0 spiro atoms. The maximum Gasteiger partial charge on any atom is 0.261 e. The van der Waals surface area contributed by atoms with E-state index in [9.17, 15) is 13.2 Å². The number of rotatable bonds is 8. The van der Waals surface area contributed by atoms with Crippen LogP contribution in [0.5, 0.6) is 0 Å². The zero-order valence-corrected chi connectivity index (χ0v) is 20.8. The van der Waals surface area contributed by atoms with Gasteiger partial charge in [-0.25, -0.2) is 8.42 Å². The fourth-order valence-electron chi connectivity index (χ4n) is 3.82. The summed E-state index contributed by atoms with van der Waals surface area (Å²) in [5, 5.41) is 2.87. The van der Waals surface area contributed by atoms with Gasteiger partial charge in [-0.15, -0.1) is 11.8 Å². The topological polar surface area (TPSA) is 84.5 Å². The van der Waals surface area contributed by atoms with Gasteiger partial charge >= 0.3 is 0 Å². The minimum absolute atomic E-state index is 0.126. The Hall–Kier alpha value is -2.81. The molecule has 1 atom stereocenters. The summed E-state index contributed by atoms with van der Waals surface area (Å²) in [7, 11) is -3.76. The van der Waals surface area contributed by atoms with Crippen LogP contribution in [0.1, 0.15) is 34.3 Å². The Bertz CT molecular complexity index is 1250. The number of ether oxygens (including phenoxy) is 1. The third-order valence-electron chi connectivity index (χ3n) is 5.72. The number of benzene rings is 3. The lowest BCUT2D eigenvalue weighted by molar-refractivity contribution is 0.102. The zero-order chi connectivity index (χ0) is 24.1. The fraction of sp³-hybridized carbons (Fsp3) is 0.269. The van der Waals surface area contributed by atoms with E-state index in [1.54, 1.807) is 30.0 Å². The van der Waals surface area contributed by atoms with Crippen molar-refractivity contribution in [1.82, 2.24) is 0 Å². The molecule has 0 bridgehead atoms. The van der Waals surface area contributed by atoms with Crippen molar-refractivity contribution in [1.29, 1.82) is 0 Å². The maximum atomic E-state index is 12.9. The number of carbonyl (C=O) groups is 1. The molecule has 0 saturated carbocycles. The first-order valence-electron chi connectivity index (χ1n) is 11.2. The highest BCUT2D eigenvalue weighted by molar-refractivity contribution is 7.99. The molecule has 8 heteroatoms. The number of amides is 1. The molecule has 1 aliphatic rings. The van der Waals surface area contributed by atoms with E-state index in [1.807, 2.05) is 50.2 Å². The third kappa shape index (κ3) is 5.81. The first-order valence-corrected chi connectivity index (χ1v) is 13.6. The third-order valence-corrected chi connectivity index (χ3v) is 8.29. The highest BCUT2D eigenvalue weighted by atomic mass is 32.2. The number of aryl methyl sites for hydroxylation is 2. The molecule has 1 heterocycles. The van der Waals surface area contributed by atoms with Crippen molar-refractivity contribution in [3.63, 3.8) is 0 Å². The molecule has 0 radical (unpaired) electrons. The second kappa shape index (κ2) is 10.6. The first-order chi connectivity index (χ1) is 16.3. The average molecular weight is 497 g/mol. The van der Waals surface area contributed by atoms with Gasteiger partial charge < -0.3 is 10.1 Å². The Morgan fingerprint density at radius 3 is 2.38 bits per heavy atom. The zero-order valence-electron chi connectivity index (χ0n) is 19.2. The number of sulfonamides is 1. The van der Waals surface area contributed by atoms with Crippen LogP contribution < -0.4 is 10.0 Å². The van der Waals surface area contributed by atoms with Crippen LogP contribution in [0.2, 0.25) is 0 Å². The fourth-order valence-corrected chi connectivity index (χ4v) is 6.15. The van der Waals surface area contributed by atoms with Crippen molar-refractivity contribution in [2.45, 2.75) is 42.6 Å². The number of para-hydroxylation sites is 1. The molecular weight excluding hydrogens is 468 g/mol. The molecular formula is C26H28N2O4S2. The Kier molecular flexibility index (Phi) is 7.60. The largest absolute Gasteiger partial charge is 0.377 e. The summed E-state index contributed by atoms with van der Waals surface area (Å²) in [4.78, 5) is 14.0. The van der Waals surface area contributed by atoms with E-state index in [2.05, 4.69) is 10.0 Å². The Morgan fingerprint density at radius 2 is 1.71 bits per heavy atom. The Morgan fingerprint density at radius 1 is 1.00 bits per heavy atom. The summed E-state index contributed by atoms with van der Waals surface area (Å²) in [6, 6.07) is 19.3. The summed E-state index contributed by atoms with van der Waals surface area (Å²) in [6.07, 6.45) is 2.36. The second-order valence-corrected chi connectivity index (χ2v) is 11.0. The van der Waals surface area contributed by atoms with Gasteiger partial charge in [0.15, 0.2) is 0 Å². The number of nitrogens with one attached hydrogen (secondary N) is 2. The molecule has 1 fully saturated rings. The van der Waals surface area contributed by atoms with Crippen molar-refractivity contribution in [3.8, 4) is 0 Å². The number of thioether (sulfide) groups is 1. The van der Waals surface area contributed by atoms with Crippen molar-refractivity contribution < 1.29 is 17.9 Å². The lowest BCUT2D eigenvalue weighted by Gasteiger charge is -2.14. The summed E-state index contributed by atoms with van der Waals surface area (Å²) in [5.41, 5.74) is 3.39. The predicted octanol–water partition coefficient (Wildman–Crippen LogP) is 5.63. The van der Waals surface area contributed by atoms with E-state index in [4.69, 9.17) is 4.74 Å². The van der Waals surface area contributed by atoms with Gasteiger partial charge in [-0.3, -0.25) is 9.52 Å². The van der Waals surface area contributed by atoms with Gasteiger partial charge in [0.05, 0.1) is 22.3 Å². The van der Waals surface area contributed by atoms with Gasteiger partial charge in [0.2, 0.25) is 0 Å². The van der Waals surface area contributed by atoms with Crippen LogP contribution in [0.15, 0.2) is 76.5 Å². The molecule has 4 rings (SSSR count). The Labute approximate surface area is 205 Å². The number of hydrogen-bond donors (Lipinski definition) is 2. The summed E-state index contributed by atoms with van der Waals surface area (Å²) < 4.78 is 34.1. The van der Waals surface area contributed by atoms with Crippen LogP contribution in [0.25, 0.3) is 0 Å². The van der Waals surface area contributed by atoms with Crippen LogP contribution in [0.4, 0.5) is 11.4 Å². The van der Waals surface area contributed by atoms with E-state index in [1.165, 1.54) is 12.1 Å². The molecule has 1 saturated heterocycles. The molecule has 0 aromatic heterocycles. The average Bonchev–Trinajstić information content (AvgIpc) is 3.34. The minimum Gasteiger partial charge on any atom is -0.377 e. The first kappa shape index (κ1) is 24.3. The molecule has 0 aliphatic carbocycles. The van der Waals surface area contributed by atoms with E-state index >= 15 is 0 Å². The maximum absolute atomic E-state index is 12.9. The molecule has 178 valence electrons. The van der Waals surface area contributed by atoms with Crippen LogP contribution in [-0.4, -0.2) is 32.8 Å². The molecule has 1 amide bonds. The molecule has 3 aromatic carbocycles. The Balaban J connectivity index is 1.44. The van der Waals surface area contributed by atoms with Gasteiger partial charge in [0.25, 0.3) is 15.9 Å². The number of hydrogen-bond acceptors (Lipinski definition) is 5. The summed E-state index contributed by atoms with van der Waals surface area (Å²) in [5.74, 6) is 0.573. The van der Waals surface area contributed by atoms with Crippen molar-refractivity contribution in [3.05, 3.63) is 83.4 Å². The van der Waals surface area contributed by atoms with E-state index in [0.29, 0.717) is 16.9 Å². The molecule has 34 heavy (non-hydrogen) atoms. The highest BCUT2D eigenvalue weighted by Crippen LogP contribution is 2.28. The lowest BCUT2D eigenvalue weighted by atomic mass is 10.1. The van der Waals surface area contributed by atoms with Gasteiger partial charge in [0, 0.05) is 22.9 Å². The van der Waals surface area contributed by atoms with Gasteiger partial charge in [-0.1, -0.05) is 30.3 Å². The standard InChI is InChI=1S/C26H28N2O4S2/c1-18-7-5-8-19(2)25(18)28-34(30,31)22-14-12-20(13-15-22)27-26(29)23-10-3-4-11-24(23)33-17-21-9-6-16-32-21/h3-5,7-8,10-15,21,28H,6,9,16-17H2,1-2H3,(H,27,29). The van der Waals surface area contributed by atoms with Crippen molar-refractivity contribution in [2.75, 3.05) is 22.4 Å². The van der Waals surface area contributed by atoms with Crippen LogP contribution in [0.3, 0.4) is 0 Å². The smallest absolute Gasteiger partial charge is 0.261 e. The van der Waals surface area contributed by atoms with Crippen LogP contribution in [0, 0.1) is 13.8 Å². The number of carbonyl (C=O) groups excluding carboxylic acids is 1. The van der Waals surface area contributed by atoms with Crippen molar-refractivity contribution in [2.24, 2.45) is 0 Å². The SMILES string of the molecule is Cc1cccc(C)c1NS(=O)(=O)c1ccc(NC(=O)c2ccccc2SCC2CCCO2)cc1. The molecule has 1 aliphatic heterocycles. The van der Waals surface area contributed by atoms with E-state index in [-0.39, 0.29) is 16.9 Å². The molecule has 6 nitrogen and oxygen atoms in total. The molecule has 2 N–H and O–H groups in total. The minimum atomic E-state index is -3.76. The summed E-state index contributed by atoms with van der Waals surface area (Å²) >= 11 is 1.62. The van der Waals surface area contributed by atoms with E-state index in [0.717, 1.165) is 41.2 Å². The molecule has 3 aromatic rings. The second-order valence-electron chi connectivity index (χ2n) is 8.29. The van der Waals surface area contributed by atoms with Gasteiger partial charge in [-0.05, 0) is 74.2 Å². The van der Waals surface area contributed by atoms with E-state index < -0.39 is 10.0 Å². The van der Waals surface area contributed by atoms with Gasteiger partial charge in [-0.2, -0.15) is 0 Å². The number of anilines is 2. The molecule has 1 unspecified atom stereocenters. The monoisotopic (exact) mass is 496 g/mol. The quantitative estimate of drug-likeness (QED) is 0.395. The highest BCUT2D eigenvalue weighted by Gasteiger charge is 2.19. The van der Waals surface area contributed by atoms with Crippen LogP contribution in [-0.2, 0) is 14.8 Å². The summed E-state index contributed by atoms with van der Waals surface area (Å²) in [6.45, 7) is 4.53. The van der Waals surface area contributed by atoms with Crippen molar-refractivity contribution >= 4 is 39.1 Å². The lowest BCUT2D eigenvalue weighted by Crippen LogP contribution is -2.16. The van der Waals surface area contributed by atoms with Gasteiger partial charge in [0.1, 0.15) is 0 Å². The van der Waals surface area contributed by atoms with Crippen LogP contribution >= 0.6 is 11.8 Å². The normalized spacial score (nSPS) is 15.8.